The number of hydrogen-bond donors (Lipinski definition) is 0. The number of pyridine rings is 1. The van der Waals surface area contributed by atoms with Gasteiger partial charge in [0.05, 0.1) is 4.91 Å². The Morgan fingerprint density at radius 3 is 2.27 bits per heavy atom. The third-order valence-electron chi connectivity index (χ3n) is 7.75. The molecule has 0 atom stereocenters. The minimum Gasteiger partial charge on any atom is -0.368 e. The lowest BCUT2D eigenvalue weighted by Crippen LogP contribution is -2.48. The van der Waals surface area contributed by atoms with Gasteiger partial charge < -0.3 is 9.80 Å². The number of nitriles is 1. The number of thiocarbonyl (C=S) groups is 1. The van der Waals surface area contributed by atoms with Crippen LogP contribution < -0.4 is 15.4 Å². The summed E-state index contributed by atoms with van der Waals surface area (Å²) >= 11 is 6.92. The molecule has 212 valence electrons. The molecule has 2 saturated heterocycles. The number of rotatable bonds is 11. The number of piperazine rings is 1. The first-order valence-corrected chi connectivity index (χ1v) is 15.6. The molecule has 1 amide bonds. The van der Waals surface area contributed by atoms with Crippen LogP contribution in [0.25, 0.3) is 6.08 Å². The number of amides is 1. The molecule has 3 heterocycles. The maximum Gasteiger partial charge on any atom is 0.270 e. The molecule has 1 aromatic carbocycles. The predicted octanol–water partition coefficient (Wildman–Crippen LogP) is 5.94. The standard InChI is InChI=1S/C31H39N5O2S2/c1-4-6-7-8-9-13-16-36-30(38)27(40-31(36)39)21-25-23(3)26(22-32)29(37)35(5-2)28(25)34-19-17-33(18-20-34)24-14-11-10-12-15-24/h10-12,14-15,21H,4-9,13,16-20H2,1-3H3/b27-21-. The molecule has 2 fully saturated rings. The molecular formula is C31H39N5O2S2. The summed E-state index contributed by atoms with van der Waals surface area (Å²) in [6.07, 6.45) is 8.74. The van der Waals surface area contributed by atoms with E-state index in [1.165, 1.54) is 43.1 Å². The fraction of sp³-hybridized carbons (Fsp3) is 0.484. The molecule has 9 heteroatoms. The van der Waals surface area contributed by atoms with Crippen molar-refractivity contribution in [3.63, 3.8) is 0 Å². The number of carbonyl (C=O) groups is 1. The van der Waals surface area contributed by atoms with Gasteiger partial charge in [-0.15, -0.1) is 0 Å². The van der Waals surface area contributed by atoms with Crippen molar-refractivity contribution < 1.29 is 4.79 Å². The quantitative estimate of drug-likeness (QED) is 0.186. The van der Waals surface area contributed by atoms with Crippen LogP contribution in [0.3, 0.4) is 0 Å². The third-order valence-corrected chi connectivity index (χ3v) is 9.13. The highest BCUT2D eigenvalue weighted by Gasteiger charge is 2.33. The van der Waals surface area contributed by atoms with Crippen LogP contribution in [0, 0.1) is 18.3 Å². The average Bonchev–Trinajstić information content (AvgIpc) is 3.24. The van der Waals surface area contributed by atoms with E-state index in [1.807, 2.05) is 38.1 Å². The zero-order chi connectivity index (χ0) is 28.6. The van der Waals surface area contributed by atoms with Gasteiger partial charge in [0.1, 0.15) is 21.8 Å². The maximum atomic E-state index is 13.5. The number of unbranched alkanes of at least 4 members (excludes halogenated alkanes) is 5. The van der Waals surface area contributed by atoms with E-state index in [9.17, 15) is 14.9 Å². The fourth-order valence-electron chi connectivity index (χ4n) is 5.47. The molecule has 2 aromatic rings. The smallest absolute Gasteiger partial charge is 0.270 e. The van der Waals surface area contributed by atoms with E-state index in [0.29, 0.717) is 27.9 Å². The Bertz CT molecular complexity index is 1350. The zero-order valence-corrected chi connectivity index (χ0v) is 25.5. The number of thioether (sulfide) groups is 1. The molecule has 40 heavy (non-hydrogen) atoms. The Labute approximate surface area is 247 Å². The van der Waals surface area contributed by atoms with Gasteiger partial charge >= 0.3 is 0 Å². The summed E-state index contributed by atoms with van der Waals surface area (Å²) in [5.41, 5.74) is 2.39. The van der Waals surface area contributed by atoms with Crippen LogP contribution >= 0.6 is 24.0 Å². The van der Waals surface area contributed by atoms with E-state index in [2.05, 4.69) is 34.9 Å². The highest BCUT2D eigenvalue weighted by atomic mass is 32.2. The molecule has 2 aliphatic rings. The second-order valence-electron chi connectivity index (χ2n) is 10.3. The third kappa shape index (κ3) is 6.45. The molecule has 0 saturated carbocycles. The molecule has 1 aromatic heterocycles. The Balaban J connectivity index is 1.63. The molecule has 0 radical (unpaired) electrons. The summed E-state index contributed by atoms with van der Waals surface area (Å²) in [5.74, 6) is 0.688. The van der Waals surface area contributed by atoms with E-state index < -0.39 is 0 Å². The van der Waals surface area contributed by atoms with Gasteiger partial charge in [-0.25, -0.2) is 0 Å². The second-order valence-corrected chi connectivity index (χ2v) is 12.0. The topological polar surface area (TPSA) is 72.6 Å². The zero-order valence-electron chi connectivity index (χ0n) is 23.8. The van der Waals surface area contributed by atoms with Gasteiger partial charge in [-0.1, -0.05) is 81.2 Å². The number of nitrogens with zero attached hydrogens (tertiary/aromatic N) is 5. The van der Waals surface area contributed by atoms with E-state index in [4.69, 9.17) is 12.2 Å². The Morgan fingerprint density at radius 1 is 0.975 bits per heavy atom. The lowest BCUT2D eigenvalue weighted by atomic mass is 10.0. The molecule has 0 N–H and O–H groups in total. The predicted molar refractivity (Wildman–Crippen MR) is 170 cm³/mol. The summed E-state index contributed by atoms with van der Waals surface area (Å²) < 4.78 is 2.26. The molecular weight excluding hydrogens is 539 g/mol. The highest BCUT2D eigenvalue weighted by molar-refractivity contribution is 8.26. The fourth-order valence-corrected chi connectivity index (χ4v) is 6.76. The molecule has 7 nitrogen and oxygen atoms in total. The first-order chi connectivity index (χ1) is 19.4. The van der Waals surface area contributed by atoms with Gasteiger partial charge in [-0.2, -0.15) is 5.26 Å². The Kier molecular flexibility index (Phi) is 10.5. The molecule has 2 aliphatic heterocycles. The number of anilines is 2. The van der Waals surface area contributed by atoms with Crippen molar-refractivity contribution in [3.05, 3.63) is 62.3 Å². The maximum absolute atomic E-state index is 13.5. The first kappa shape index (κ1) is 29.9. The van der Waals surface area contributed by atoms with Crippen LogP contribution in [0.2, 0.25) is 0 Å². The normalized spacial score (nSPS) is 16.8. The van der Waals surface area contributed by atoms with Gasteiger partial charge in [-0.3, -0.25) is 19.1 Å². The van der Waals surface area contributed by atoms with Crippen LogP contribution in [-0.2, 0) is 11.3 Å². The molecule has 0 aliphatic carbocycles. The molecule has 0 bridgehead atoms. The van der Waals surface area contributed by atoms with E-state index in [1.54, 1.807) is 9.47 Å². The minimum absolute atomic E-state index is 0.0874. The monoisotopic (exact) mass is 577 g/mol. The SMILES string of the molecule is CCCCCCCCN1C(=O)/C(=C/c2c(C)c(C#N)c(=O)n(CC)c2N2CCN(c3ccccc3)CC2)SC1=S. The van der Waals surface area contributed by atoms with Crippen LogP contribution in [0.4, 0.5) is 11.5 Å². The van der Waals surface area contributed by atoms with Crippen molar-refractivity contribution in [1.29, 1.82) is 5.26 Å². The highest BCUT2D eigenvalue weighted by Crippen LogP contribution is 2.36. The first-order valence-electron chi connectivity index (χ1n) is 14.4. The Morgan fingerprint density at radius 2 is 1.62 bits per heavy atom. The average molecular weight is 578 g/mol. The van der Waals surface area contributed by atoms with Crippen molar-refractivity contribution in [2.75, 3.05) is 42.5 Å². The van der Waals surface area contributed by atoms with Crippen molar-refractivity contribution in [1.82, 2.24) is 9.47 Å². The van der Waals surface area contributed by atoms with Crippen LogP contribution in [0.15, 0.2) is 40.0 Å². The summed E-state index contributed by atoms with van der Waals surface area (Å²) in [7, 11) is 0. The number of aromatic nitrogens is 1. The van der Waals surface area contributed by atoms with Crippen molar-refractivity contribution in [3.8, 4) is 6.07 Å². The second kappa shape index (κ2) is 14.0. The summed E-state index contributed by atoms with van der Waals surface area (Å²) in [5, 5.41) is 9.87. The lowest BCUT2D eigenvalue weighted by molar-refractivity contribution is -0.122. The Hall–Kier alpha value is -3.09. The molecule has 0 spiro atoms. The van der Waals surface area contributed by atoms with E-state index in [-0.39, 0.29) is 17.0 Å². The van der Waals surface area contributed by atoms with Crippen LogP contribution in [0.1, 0.15) is 69.1 Å². The van der Waals surface area contributed by atoms with Gasteiger partial charge in [0.25, 0.3) is 11.5 Å². The van der Waals surface area contributed by atoms with Crippen LogP contribution in [0.5, 0.6) is 0 Å². The number of hydrogen-bond acceptors (Lipinski definition) is 7. The van der Waals surface area contributed by atoms with Gasteiger partial charge in [0.15, 0.2) is 0 Å². The number of benzene rings is 1. The minimum atomic E-state index is -0.282. The van der Waals surface area contributed by atoms with Crippen LogP contribution in [-0.4, -0.2) is 52.4 Å². The molecule has 0 unspecified atom stereocenters. The van der Waals surface area contributed by atoms with E-state index in [0.717, 1.165) is 50.4 Å². The largest absolute Gasteiger partial charge is 0.368 e. The van der Waals surface area contributed by atoms with Gasteiger partial charge in [0.2, 0.25) is 0 Å². The van der Waals surface area contributed by atoms with Crippen molar-refractivity contribution in [2.45, 2.75) is 65.8 Å². The summed E-state index contributed by atoms with van der Waals surface area (Å²) in [6, 6.07) is 12.5. The number of para-hydroxylation sites is 1. The summed E-state index contributed by atoms with van der Waals surface area (Å²) in [6.45, 7) is 10.1. The van der Waals surface area contributed by atoms with Crippen molar-refractivity contribution >= 4 is 51.8 Å². The molecule has 4 rings (SSSR count). The summed E-state index contributed by atoms with van der Waals surface area (Å²) in [4.78, 5) is 33.6. The lowest BCUT2D eigenvalue weighted by Gasteiger charge is -2.39. The van der Waals surface area contributed by atoms with Gasteiger partial charge in [0, 0.05) is 50.5 Å². The van der Waals surface area contributed by atoms with Crippen molar-refractivity contribution in [2.24, 2.45) is 0 Å². The van der Waals surface area contributed by atoms with Gasteiger partial charge in [-0.05, 0) is 44.0 Å². The number of carbonyl (C=O) groups excluding carboxylic acids is 1. The van der Waals surface area contributed by atoms with E-state index >= 15 is 0 Å².